The molecule has 6 nitrogen and oxygen atoms in total. The summed E-state index contributed by atoms with van der Waals surface area (Å²) in [5.74, 6) is -0.382. The molecule has 2 amide bonds. The molecule has 0 aromatic heterocycles. The Morgan fingerprint density at radius 1 is 1.22 bits per heavy atom. The van der Waals surface area contributed by atoms with E-state index in [4.69, 9.17) is 0 Å². The van der Waals surface area contributed by atoms with E-state index in [0.29, 0.717) is 5.17 Å². The third-order valence-electron chi connectivity index (χ3n) is 4.05. The average Bonchev–Trinajstić information content (AvgIpc) is 2.94. The van der Waals surface area contributed by atoms with Crippen molar-refractivity contribution in [1.82, 2.24) is 5.32 Å². The number of nitrogens with zero attached hydrogens (tertiary/aromatic N) is 2. The minimum atomic E-state index is -0.477. The highest BCUT2D eigenvalue weighted by molar-refractivity contribution is 8.15. The minimum absolute atomic E-state index is 0.100. The SMILES string of the molecule is Cc1cccc(NC(=O)CC2SC(=Nc3ccc(N(C)C)cc3)NC2=O)c1. The predicted molar refractivity (Wildman–Crippen MR) is 112 cm³/mol. The van der Waals surface area contributed by atoms with Crippen LogP contribution in [0.2, 0.25) is 0 Å². The molecule has 1 atom stereocenters. The summed E-state index contributed by atoms with van der Waals surface area (Å²) in [5, 5.41) is 5.63. The molecule has 1 saturated heterocycles. The first kappa shape index (κ1) is 19.0. The van der Waals surface area contributed by atoms with Crippen LogP contribution >= 0.6 is 11.8 Å². The number of hydrogen-bond donors (Lipinski definition) is 2. The number of anilines is 2. The Labute approximate surface area is 163 Å². The van der Waals surface area contributed by atoms with Crippen LogP contribution in [0.15, 0.2) is 53.5 Å². The molecule has 0 bridgehead atoms. The molecule has 1 heterocycles. The van der Waals surface area contributed by atoms with Crippen molar-refractivity contribution < 1.29 is 9.59 Å². The standard InChI is InChI=1S/C20H22N4O2S/c1-13-5-4-6-15(11-13)21-18(25)12-17-19(26)23-20(27-17)22-14-7-9-16(10-8-14)24(2)3/h4-11,17H,12H2,1-3H3,(H,21,25)(H,22,23,26). The van der Waals surface area contributed by atoms with Crippen molar-refractivity contribution in [3.8, 4) is 0 Å². The summed E-state index contributed by atoms with van der Waals surface area (Å²) in [5.41, 5.74) is 3.63. The maximum absolute atomic E-state index is 12.2. The van der Waals surface area contributed by atoms with Crippen LogP contribution in [0.1, 0.15) is 12.0 Å². The van der Waals surface area contributed by atoms with E-state index in [1.165, 1.54) is 11.8 Å². The normalized spacial score (nSPS) is 17.7. The Hall–Kier alpha value is -2.80. The van der Waals surface area contributed by atoms with Crippen LogP contribution in [0, 0.1) is 6.92 Å². The van der Waals surface area contributed by atoms with E-state index in [-0.39, 0.29) is 18.2 Å². The van der Waals surface area contributed by atoms with E-state index < -0.39 is 5.25 Å². The lowest BCUT2D eigenvalue weighted by Gasteiger charge is -2.11. The smallest absolute Gasteiger partial charge is 0.240 e. The van der Waals surface area contributed by atoms with Crippen molar-refractivity contribution in [2.45, 2.75) is 18.6 Å². The molecule has 3 rings (SSSR count). The highest BCUT2D eigenvalue weighted by Gasteiger charge is 2.32. The second-order valence-electron chi connectivity index (χ2n) is 6.55. The number of carbonyl (C=O) groups excluding carboxylic acids is 2. The molecule has 140 valence electrons. The number of rotatable bonds is 5. The Kier molecular flexibility index (Phi) is 5.81. The van der Waals surface area contributed by atoms with Gasteiger partial charge in [-0.2, -0.15) is 0 Å². The molecule has 2 aromatic carbocycles. The molecule has 27 heavy (non-hydrogen) atoms. The molecule has 1 unspecified atom stereocenters. The number of thioether (sulfide) groups is 1. The van der Waals surface area contributed by atoms with Crippen LogP contribution in [0.5, 0.6) is 0 Å². The van der Waals surface area contributed by atoms with Crippen molar-refractivity contribution in [2.24, 2.45) is 4.99 Å². The van der Waals surface area contributed by atoms with Gasteiger partial charge in [-0.25, -0.2) is 4.99 Å². The van der Waals surface area contributed by atoms with Gasteiger partial charge >= 0.3 is 0 Å². The monoisotopic (exact) mass is 382 g/mol. The van der Waals surface area contributed by atoms with Crippen LogP contribution < -0.4 is 15.5 Å². The molecule has 0 saturated carbocycles. The summed E-state index contributed by atoms with van der Waals surface area (Å²) in [6.45, 7) is 1.96. The van der Waals surface area contributed by atoms with Gasteiger partial charge in [0.15, 0.2) is 5.17 Å². The van der Waals surface area contributed by atoms with E-state index in [1.54, 1.807) is 0 Å². The maximum Gasteiger partial charge on any atom is 0.240 e. The van der Waals surface area contributed by atoms with Crippen LogP contribution in [0.4, 0.5) is 17.1 Å². The van der Waals surface area contributed by atoms with Gasteiger partial charge in [0.1, 0.15) is 5.25 Å². The van der Waals surface area contributed by atoms with Crippen molar-refractivity contribution >= 4 is 45.8 Å². The van der Waals surface area contributed by atoms with E-state index in [1.807, 2.05) is 74.4 Å². The number of amides is 2. The number of nitrogens with one attached hydrogen (secondary N) is 2. The zero-order valence-corrected chi connectivity index (χ0v) is 16.3. The van der Waals surface area contributed by atoms with Crippen molar-refractivity contribution in [3.05, 3.63) is 54.1 Å². The van der Waals surface area contributed by atoms with E-state index in [9.17, 15) is 9.59 Å². The van der Waals surface area contributed by atoms with Gasteiger partial charge in [-0.15, -0.1) is 0 Å². The molecule has 1 aliphatic rings. The second-order valence-corrected chi connectivity index (χ2v) is 7.74. The number of hydrogen-bond acceptors (Lipinski definition) is 5. The molecule has 0 radical (unpaired) electrons. The van der Waals surface area contributed by atoms with E-state index in [2.05, 4.69) is 15.6 Å². The number of aliphatic imine (C=N–C) groups is 1. The first-order valence-electron chi connectivity index (χ1n) is 8.61. The van der Waals surface area contributed by atoms with E-state index in [0.717, 1.165) is 22.6 Å². The molecular weight excluding hydrogens is 360 g/mol. The lowest BCUT2D eigenvalue weighted by molar-refractivity contribution is -0.122. The van der Waals surface area contributed by atoms with Crippen molar-refractivity contribution in [1.29, 1.82) is 0 Å². The summed E-state index contributed by atoms with van der Waals surface area (Å²) in [4.78, 5) is 30.9. The summed E-state index contributed by atoms with van der Waals surface area (Å²) in [6.07, 6.45) is 0.100. The highest BCUT2D eigenvalue weighted by atomic mass is 32.2. The zero-order valence-electron chi connectivity index (χ0n) is 15.5. The summed E-state index contributed by atoms with van der Waals surface area (Å²) in [6, 6.07) is 15.3. The Bertz CT molecular complexity index is 878. The number of aryl methyl sites for hydroxylation is 1. The van der Waals surface area contributed by atoms with Gasteiger partial charge < -0.3 is 15.5 Å². The van der Waals surface area contributed by atoms with Crippen LogP contribution in [0.25, 0.3) is 0 Å². The minimum Gasteiger partial charge on any atom is -0.378 e. The molecule has 7 heteroatoms. The molecule has 0 spiro atoms. The third kappa shape index (κ3) is 5.10. The van der Waals surface area contributed by atoms with Gasteiger partial charge in [0.2, 0.25) is 11.8 Å². The second kappa shape index (κ2) is 8.26. The Balaban J connectivity index is 1.60. The molecule has 1 fully saturated rings. The number of amidine groups is 1. The largest absolute Gasteiger partial charge is 0.378 e. The predicted octanol–water partition coefficient (Wildman–Crippen LogP) is 3.31. The van der Waals surface area contributed by atoms with Crippen LogP contribution in [-0.2, 0) is 9.59 Å². The first-order valence-corrected chi connectivity index (χ1v) is 9.49. The fourth-order valence-electron chi connectivity index (χ4n) is 2.64. The lowest BCUT2D eigenvalue weighted by Crippen LogP contribution is -2.28. The molecule has 1 aliphatic heterocycles. The van der Waals surface area contributed by atoms with Gasteiger partial charge in [-0.3, -0.25) is 9.59 Å². The molecule has 2 N–H and O–H groups in total. The first-order chi connectivity index (χ1) is 12.9. The fourth-order valence-corrected chi connectivity index (χ4v) is 3.63. The summed E-state index contributed by atoms with van der Waals surface area (Å²) in [7, 11) is 3.95. The van der Waals surface area contributed by atoms with Crippen molar-refractivity contribution in [3.63, 3.8) is 0 Å². The number of carbonyl (C=O) groups is 2. The topological polar surface area (TPSA) is 73.8 Å². The van der Waals surface area contributed by atoms with Crippen molar-refractivity contribution in [2.75, 3.05) is 24.3 Å². The number of benzene rings is 2. The van der Waals surface area contributed by atoms with Gasteiger partial charge in [-0.1, -0.05) is 23.9 Å². The molecular formula is C20H22N4O2S. The van der Waals surface area contributed by atoms with Gasteiger partial charge in [-0.05, 0) is 48.9 Å². The van der Waals surface area contributed by atoms with Crippen LogP contribution in [-0.4, -0.2) is 36.3 Å². The lowest BCUT2D eigenvalue weighted by atomic mass is 10.2. The highest BCUT2D eigenvalue weighted by Crippen LogP contribution is 2.26. The third-order valence-corrected chi connectivity index (χ3v) is 5.13. The average molecular weight is 382 g/mol. The molecule has 0 aliphatic carbocycles. The van der Waals surface area contributed by atoms with Gasteiger partial charge in [0.05, 0.1) is 5.69 Å². The van der Waals surface area contributed by atoms with Gasteiger partial charge in [0, 0.05) is 31.9 Å². The van der Waals surface area contributed by atoms with Crippen LogP contribution in [0.3, 0.4) is 0 Å². The Morgan fingerprint density at radius 3 is 2.63 bits per heavy atom. The summed E-state index contributed by atoms with van der Waals surface area (Å²) < 4.78 is 0. The summed E-state index contributed by atoms with van der Waals surface area (Å²) >= 11 is 1.28. The molecule has 2 aromatic rings. The van der Waals surface area contributed by atoms with Gasteiger partial charge in [0.25, 0.3) is 0 Å². The zero-order chi connectivity index (χ0) is 19.4. The fraction of sp³-hybridized carbons (Fsp3) is 0.250. The maximum atomic E-state index is 12.2. The quantitative estimate of drug-likeness (QED) is 0.832. The van der Waals surface area contributed by atoms with E-state index >= 15 is 0 Å². The Morgan fingerprint density at radius 2 is 1.96 bits per heavy atom.